The van der Waals surface area contributed by atoms with E-state index in [-0.39, 0.29) is 157 Å². The highest BCUT2D eigenvalue weighted by Crippen LogP contribution is 2.50. The van der Waals surface area contributed by atoms with Gasteiger partial charge in [-0.15, -0.1) is 0 Å². The van der Waals surface area contributed by atoms with E-state index in [2.05, 4.69) is 16.0 Å². The number of aliphatic hydroxyl groups is 3. The minimum Gasteiger partial charge on any atom is -0.432 e. The third kappa shape index (κ3) is 37.4. The largest absolute Gasteiger partial charge is 0.533 e. The average molecular weight is 2090 g/mol. The number of hydroxylamine groups is 6. The molecule has 4 unspecified atom stereocenters. The van der Waals surface area contributed by atoms with E-state index in [4.69, 9.17) is 86.7 Å². The van der Waals surface area contributed by atoms with Crippen molar-refractivity contribution in [3.05, 3.63) is 170 Å². The van der Waals surface area contributed by atoms with Gasteiger partial charge in [0.05, 0.1) is 19.3 Å². The molecular weight excluding hydrogens is 1950 g/mol. The Balaban J connectivity index is 0.000000230. The number of nitrogens with zero attached hydrogens (tertiary/aromatic N) is 3. The predicted molar refractivity (Wildman–Crippen MR) is 541 cm³/mol. The van der Waals surface area contributed by atoms with Crippen molar-refractivity contribution in [2.45, 2.75) is 211 Å². The summed E-state index contributed by atoms with van der Waals surface area (Å²) >= 11 is 0. The van der Waals surface area contributed by atoms with Crippen molar-refractivity contribution in [2.24, 2.45) is 0 Å². The monoisotopic (exact) mass is 2090 g/mol. The Kier molecular flexibility index (Phi) is 51.3. The average Bonchev–Trinajstić information content (AvgIpc) is 1.60. The molecule has 0 saturated carbocycles. The number of anilines is 1. The number of benzene rings is 6. The van der Waals surface area contributed by atoms with Crippen molar-refractivity contribution in [3.8, 4) is 33.4 Å². The van der Waals surface area contributed by atoms with Crippen LogP contribution >= 0.6 is 0 Å². The summed E-state index contributed by atoms with van der Waals surface area (Å²) in [5, 5.41) is 36.7. The first-order valence-electron chi connectivity index (χ1n) is 51.5. The normalized spacial score (nSPS) is 15.0. The van der Waals surface area contributed by atoms with E-state index in [9.17, 15) is 76.7 Å². The van der Waals surface area contributed by atoms with Crippen LogP contribution in [0.25, 0.3) is 33.4 Å². The molecule has 40 heteroatoms. The Hall–Kier alpha value is -12.8. The molecule has 3 aliphatic carbocycles. The number of aryl methyl sites for hydroxylation is 1. The van der Waals surface area contributed by atoms with Crippen LogP contribution in [-0.4, -0.2) is 298 Å². The maximum atomic E-state index is 13.5. The molecule has 814 valence electrons. The Morgan fingerprint density at radius 2 is 0.700 bits per heavy atom. The number of aliphatic hydroxyl groups excluding tert-OH is 3. The van der Waals surface area contributed by atoms with Gasteiger partial charge in [-0.3, -0.25) is 76.8 Å². The van der Waals surface area contributed by atoms with Gasteiger partial charge >= 0.3 is 18.5 Å². The van der Waals surface area contributed by atoms with Crippen LogP contribution < -0.4 is 16.0 Å². The smallest absolute Gasteiger partial charge is 0.432 e. The molecule has 3 fully saturated rings. The lowest BCUT2D eigenvalue weighted by molar-refractivity contribution is -0.177. The summed E-state index contributed by atoms with van der Waals surface area (Å²) in [6.45, 7) is 9.50. The number of carbonyl (C=O) groups is 16. The van der Waals surface area contributed by atoms with E-state index >= 15 is 0 Å². The molecule has 6 aliphatic rings. The number of ketones is 4. The van der Waals surface area contributed by atoms with Crippen LogP contribution in [0.3, 0.4) is 0 Å². The lowest BCUT2D eigenvalue weighted by Crippen LogP contribution is -2.32. The molecule has 0 spiro atoms. The van der Waals surface area contributed by atoms with Crippen molar-refractivity contribution in [2.75, 3.05) is 172 Å². The molecule has 6 aromatic rings. The Morgan fingerprint density at radius 3 is 1.12 bits per heavy atom. The van der Waals surface area contributed by atoms with E-state index in [1.165, 1.54) is 0 Å². The Morgan fingerprint density at radius 1 is 0.340 bits per heavy atom. The third-order valence-electron chi connectivity index (χ3n) is 25.4. The fraction of sp³-hybridized carbons (Fsp3) is 0.527. The van der Waals surface area contributed by atoms with E-state index in [1.807, 2.05) is 55.5 Å². The topological polar surface area (TPSA) is 518 Å². The molecule has 6 aromatic carbocycles. The summed E-state index contributed by atoms with van der Waals surface area (Å²) in [6, 6.07) is 33.0. The zero-order valence-electron chi connectivity index (χ0n) is 85.9. The highest BCUT2D eigenvalue weighted by Gasteiger charge is 2.41. The number of imide groups is 3. The standard InChI is InChI=1S/C38H49N3O12.C37H48N2O11.C35H43NO11/c1-49-18-6-21-51-22-16-39-34(44)8-4-9-35(45)40-27-11-13-29-28-12-10-26(33(43)7-5-20-50-19-3-2-17-42)23-30(28)32(31(29)24-27)25-52-38(48)53-41-36(46)14-15-37(41)47;1-25(16-18-40)48-21-5-10-32(41)29-9-4-8-27-31(24-49-37(45)50-39-34(43)14-15-35(39)44)30-23-26(12-13-28(30)36(27)29)7-3-11-33(42)38-17-22-47-20-6-19-46-2;1-43-16-6-20-45-19-5-8-32(39)25-10-12-27-26-11-9-24(31(38)7-4-18-44-17-3-2-15-37)21-28(26)30(29(27)22-25)23-46-35(42)47-36-33(40)13-14-34(36)41/h10-13,23-24,32,42H,2-9,14-22,25H2,1H3,(H,39,44)(H,40,45);4,8-9,12-13,23,25,31,40H,3,5-7,10-11,14-22,24H2,1-2H3,(H,38,42);9-12,21-22,30,37H,2-8,13-20,23H2,1H3. The van der Waals surface area contributed by atoms with Gasteiger partial charge in [-0.1, -0.05) is 94.1 Å². The summed E-state index contributed by atoms with van der Waals surface area (Å²) in [7, 11) is 4.90. The van der Waals surface area contributed by atoms with E-state index in [1.54, 1.807) is 82.0 Å². The van der Waals surface area contributed by atoms with Crippen molar-refractivity contribution >= 4 is 100 Å². The van der Waals surface area contributed by atoms with Crippen LogP contribution in [0.2, 0.25) is 0 Å². The zero-order chi connectivity index (χ0) is 107. The number of unbranched alkanes of at least 4 members (excludes halogenated alkanes) is 2. The second-order valence-electron chi connectivity index (χ2n) is 36.5. The van der Waals surface area contributed by atoms with Gasteiger partial charge in [-0.2, -0.15) is 0 Å². The number of hydrogen-bond donors (Lipinski definition) is 6. The highest BCUT2D eigenvalue weighted by molar-refractivity contribution is 6.06. The molecule has 6 N–H and O–H groups in total. The van der Waals surface area contributed by atoms with Gasteiger partial charge in [-0.25, -0.2) is 14.4 Å². The summed E-state index contributed by atoms with van der Waals surface area (Å²) in [4.78, 5) is 214. The maximum Gasteiger partial charge on any atom is 0.533 e. The number of ether oxygens (including phenoxy) is 12. The van der Waals surface area contributed by atoms with Crippen molar-refractivity contribution in [3.63, 3.8) is 0 Å². The molecule has 3 saturated heterocycles. The second-order valence-corrected chi connectivity index (χ2v) is 36.5. The number of rotatable bonds is 67. The third-order valence-corrected chi connectivity index (χ3v) is 25.4. The summed E-state index contributed by atoms with van der Waals surface area (Å²) in [6.07, 6.45) is 7.24. The number of fused-ring (bicyclic) bond motifs is 9. The van der Waals surface area contributed by atoms with Gasteiger partial charge in [0.15, 0.2) is 23.1 Å². The van der Waals surface area contributed by atoms with Crippen LogP contribution in [0.4, 0.5) is 20.1 Å². The van der Waals surface area contributed by atoms with E-state index in [0.717, 1.165) is 104 Å². The lowest BCUT2D eigenvalue weighted by atomic mass is 9.93. The number of methoxy groups -OCH3 is 3. The molecule has 4 atom stereocenters. The van der Waals surface area contributed by atoms with Crippen LogP contribution in [-0.2, 0) is 121 Å². The summed E-state index contributed by atoms with van der Waals surface area (Å²) in [5.41, 5.74) is 13.1. The molecular formula is C110H140N6O34. The molecule has 12 rings (SSSR count). The number of amides is 9. The molecule has 0 aromatic heterocycles. The minimum absolute atomic E-state index is 0.0335. The van der Waals surface area contributed by atoms with Crippen molar-refractivity contribution in [1.29, 1.82) is 0 Å². The zero-order valence-corrected chi connectivity index (χ0v) is 85.9. The van der Waals surface area contributed by atoms with Gasteiger partial charge in [0, 0.05) is 263 Å². The summed E-state index contributed by atoms with van der Waals surface area (Å²) in [5.74, 6) is -6.02. The molecule has 0 bridgehead atoms. The Bertz CT molecular complexity index is 5440. The SMILES string of the molecule is COCCCOCCCC(=O)c1ccc2c(c1)C(COC(=O)ON1C(=O)CCC1=O)c1cc(C(=O)CCCOCCCCO)ccc1-2.COCCCOCCNC(=O)CCCC(=O)Nc1ccc2c(c1)C(COC(=O)ON1C(=O)CCC1=O)c1cc(C(=O)CCCOCCCCO)ccc1-2.COCCCOCCNC(=O)CCCc1ccc2c(c1)C(COC(=O)ON1C(=O)CCC1=O)c1cccc(C(=O)CCCOC(C)CCO)c1-2. The second kappa shape index (κ2) is 64.6. The van der Waals surface area contributed by atoms with Gasteiger partial charge in [0.1, 0.15) is 19.8 Å². The lowest BCUT2D eigenvalue weighted by Gasteiger charge is -2.17. The highest BCUT2D eigenvalue weighted by atomic mass is 16.8. The number of carbonyl (C=O) groups excluding carboxylic acids is 16. The summed E-state index contributed by atoms with van der Waals surface area (Å²) < 4.78 is 64.5. The van der Waals surface area contributed by atoms with Crippen molar-refractivity contribution in [1.82, 2.24) is 25.8 Å². The fourth-order valence-electron chi connectivity index (χ4n) is 17.6. The first-order valence-corrected chi connectivity index (χ1v) is 51.5. The van der Waals surface area contributed by atoms with Gasteiger partial charge in [0.2, 0.25) is 17.7 Å². The number of nitrogens with one attached hydrogen (secondary N) is 3. The first kappa shape index (κ1) is 119. The van der Waals surface area contributed by atoms with E-state index < -0.39 is 71.7 Å². The van der Waals surface area contributed by atoms with Gasteiger partial charge in [0.25, 0.3) is 35.4 Å². The molecule has 3 aliphatic heterocycles. The molecule has 3 heterocycles. The van der Waals surface area contributed by atoms with Crippen LogP contribution in [0.15, 0.2) is 109 Å². The molecule has 9 amide bonds. The van der Waals surface area contributed by atoms with Crippen LogP contribution in [0, 0.1) is 0 Å². The van der Waals surface area contributed by atoms with Gasteiger partial charge in [-0.05, 0) is 206 Å². The molecule has 150 heavy (non-hydrogen) atoms. The van der Waals surface area contributed by atoms with Gasteiger partial charge < -0.3 is 88.1 Å². The van der Waals surface area contributed by atoms with Crippen LogP contribution in [0.5, 0.6) is 0 Å². The minimum atomic E-state index is -1.22. The Labute approximate surface area is 871 Å². The molecule has 0 radical (unpaired) electrons. The first-order chi connectivity index (χ1) is 72.8. The molecule has 40 nitrogen and oxygen atoms in total. The number of hydrogen-bond acceptors (Lipinski definition) is 34. The maximum absolute atomic E-state index is 13.5. The van der Waals surface area contributed by atoms with E-state index in [0.29, 0.717) is 226 Å². The number of Topliss-reactive ketones (excluding diaryl/α,β-unsaturated/α-hetero) is 4. The van der Waals surface area contributed by atoms with Crippen molar-refractivity contribution < 1.29 is 163 Å². The van der Waals surface area contributed by atoms with Crippen LogP contribution in [0.1, 0.15) is 278 Å². The fourth-order valence-corrected chi connectivity index (χ4v) is 17.6. The predicted octanol–water partition coefficient (Wildman–Crippen LogP) is 13.1. The quantitative estimate of drug-likeness (QED) is 0.00679.